The Morgan fingerprint density at radius 1 is 1.15 bits per heavy atom. The highest BCUT2D eigenvalue weighted by Gasteiger charge is 2.26. The zero-order valence-corrected chi connectivity index (χ0v) is 15.1. The lowest BCUT2D eigenvalue weighted by Crippen LogP contribution is -2.22. The van der Waals surface area contributed by atoms with Crippen LogP contribution >= 0.6 is 0 Å². The van der Waals surface area contributed by atoms with Gasteiger partial charge in [0.1, 0.15) is 12.4 Å². The third-order valence-electron chi connectivity index (χ3n) is 4.90. The fraction of sp³-hybridized carbons (Fsp3) is 0.333. The molecule has 1 aliphatic rings. The molecule has 3 aromatic rings. The number of nitrogens with zero attached hydrogens (tertiary/aromatic N) is 4. The predicted octanol–water partition coefficient (Wildman–Crippen LogP) is 3.73. The monoisotopic (exact) mass is 348 g/mol. The average molecular weight is 348 g/mol. The van der Waals surface area contributed by atoms with Crippen molar-refractivity contribution < 1.29 is 4.74 Å². The summed E-state index contributed by atoms with van der Waals surface area (Å²) in [4.78, 5) is 6.82. The van der Waals surface area contributed by atoms with Gasteiger partial charge in [-0.2, -0.15) is 5.10 Å². The van der Waals surface area contributed by atoms with Crippen molar-refractivity contribution in [1.29, 1.82) is 0 Å². The van der Waals surface area contributed by atoms with Crippen LogP contribution in [0.4, 0.5) is 0 Å². The van der Waals surface area contributed by atoms with E-state index in [0.29, 0.717) is 12.6 Å². The van der Waals surface area contributed by atoms with Gasteiger partial charge in [-0.05, 0) is 49.2 Å². The third kappa shape index (κ3) is 3.94. The summed E-state index contributed by atoms with van der Waals surface area (Å²) in [6, 6.07) is 14.8. The molecule has 1 atom stereocenters. The van der Waals surface area contributed by atoms with E-state index < -0.39 is 0 Å². The van der Waals surface area contributed by atoms with Gasteiger partial charge in [0.2, 0.25) is 0 Å². The van der Waals surface area contributed by atoms with Crippen molar-refractivity contribution in [2.75, 3.05) is 6.54 Å². The molecule has 0 saturated carbocycles. The molecule has 1 aromatic carbocycles. The first-order valence-electron chi connectivity index (χ1n) is 9.12. The van der Waals surface area contributed by atoms with E-state index in [-0.39, 0.29) is 0 Å². The highest BCUT2D eigenvalue weighted by Crippen LogP contribution is 2.33. The van der Waals surface area contributed by atoms with Crippen LogP contribution in [0.3, 0.4) is 0 Å². The molecule has 5 heteroatoms. The highest BCUT2D eigenvalue weighted by molar-refractivity contribution is 5.28. The number of benzene rings is 1. The van der Waals surface area contributed by atoms with Gasteiger partial charge in [0.15, 0.2) is 0 Å². The molecule has 1 fully saturated rings. The van der Waals surface area contributed by atoms with Crippen LogP contribution in [0.5, 0.6) is 5.75 Å². The van der Waals surface area contributed by atoms with Crippen LogP contribution in [0, 0.1) is 0 Å². The number of hydrogen-bond acceptors (Lipinski definition) is 4. The highest BCUT2D eigenvalue weighted by atomic mass is 16.5. The molecule has 0 amide bonds. The van der Waals surface area contributed by atoms with Crippen molar-refractivity contribution in [1.82, 2.24) is 19.7 Å². The van der Waals surface area contributed by atoms with Gasteiger partial charge in [-0.15, -0.1) is 0 Å². The van der Waals surface area contributed by atoms with Crippen LogP contribution in [-0.2, 0) is 20.2 Å². The first-order valence-corrected chi connectivity index (χ1v) is 9.12. The minimum absolute atomic E-state index is 0.476. The number of likely N-dealkylation sites (tertiary alicyclic amines) is 1. The van der Waals surface area contributed by atoms with Gasteiger partial charge >= 0.3 is 0 Å². The van der Waals surface area contributed by atoms with Crippen molar-refractivity contribution in [3.63, 3.8) is 0 Å². The number of pyridine rings is 1. The molecule has 1 saturated heterocycles. The Hall–Kier alpha value is -2.66. The second kappa shape index (κ2) is 7.70. The predicted molar refractivity (Wildman–Crippen MR) is 101 cm³/mol. The maximum atomic E-state index is 5.82. The summed E-state index contributed by atoms with van der Waals surface area (Å²) in [7, 11) is 1.98. The zero-order valence-electron chi connectivity index (χ0n) is 15.1. The SMILES string of the molecule is Cn1cc(C2CCCN2Cc2ccc(OCc3ccccn3)cc2)cn1. The van der Waals surface area contributed by atoms with Gasteiger partial charge in [-0.1, -0.05) is 18.2 Å². The largest absolute Gasteiger partial charge is 0.487 e. The Balaban J connectivity index is 1.36. The fourth-order valence-electron chi connectivity index (χ4n) is 3.57. The summed E-state index contributed by atoms with van der Waals surface area (Å²) >= 11 is 0. The van der Waals surface area contributed by atoms with E-state index in [9.17, 15) is 0 Å². The second-order valence-corrected chi connectivity index (χ2v) is 6.83. The van der Waals surface area contributed by atoms with Crippen LogP contribution in [0.15, 0.2) is 61.1 Å². The van der Waals surface area contributed by atoms with E-state index in [0.717, 1.165) is 24.5 Å². The molecule has 3 heterocycles. The molecule has 26 heavy (non-hydrogen) atoms. The molecular formula is C21H24N4O. The number of hydrogen-bond donors (Lipinski definition) is 0. The van der Waals surface area contributed by atoms with Crippen LogP contribution < -0.4 is 4.74 Å². The van der Waals surface area contributed by atoms with Crippen LogP contribution in [0.2, 0.25) is 0 Å². The van der Waals surface area contributed by atoms with Gasteiger partial charge in [-0.3, -0.25) is 14.6 Å². The molecule has 134 valence electrons. The summed E-state index contributed by atoms with van der Waals surface area (Å²) in [5, 5.41) is 4.33. The van der Waals surface area contributed by atoms with Crippen LogP contribution in [0.25, 0.3) is 0 Å². The van der Waals surface area contributed by atoms with Gasteiger partial charge in [0.05, 0.1) is 11.9 Å². The first kappa shape index (κ1) is 16.8. The summed E-state index contributed by atoms with van der Waals surface area (Å²) in [6.45, 7) is 2.59. The van der Waals surface area contributed by atoms with Gasteiger partial charge in [-0.25, -0.2) is 0 Å². The molecule has 0 radical (unpaired) electrons. The summed E-state index contributed by atoms with van der Waals surface area (Å²) in [5.41, 5.74) is 3.57. The lowest BCUT2D eigenvalue weighted by molar-refractivity contribution is 0.248. The normalized spacial score (nSPS) is 17.5. The summed E-state index contributed by atoms with van der Waals surface area (Å²) in [6.07, 6.45) is 8.37. The van der Waals surface area contributed by atoms with Crippen LogP contribution in [0.1, 0.15) is 35.7 Å². The maximum absolute atomic E-state index is 5.82. The molecule has 2 aromatic heterocycles. The van der Waals surface area contributed by atoms with Crippen molar-refractivity contribution >= 4 is 0 Å². The lowest BCUT2D eigenvalue weighted by atomic mass is 10.1. The standard InChI is InChI=1S/C21H24N4O/c1-24-15-18(13-23-24)21-6-4-12-25(21)14-17-7-9-20(10-8-17)26-16-19-5-2-3-11-22-19/h2-3,5,7-11,13,15,21H,4,6,12,14,16H2,1H3. The molecule has 0 bridgehead atoms. The second-order valence-electron chi connectivity index (χ2n) is 6.83. The molecule has 5 nitrogen and oxygen atoms in total. The third-order valence-corrected chi connectivity index (χ3v) is 4.90. The van der Waals surface area contributed by atoms with Gasteiger partial charge < -0.3 is 4.74 Å². The smallest absolute Gasteiger partial charge is 0.130 e. The van der Waals surface area contributed by atoms with E-state index in [2.05, 4.69) is 33.3 Å². The fourth-order valence-corrected chi connectivity index (χ4v) is 3.57. The van der Waals surface area contributed by atoms with Crippen molar-refractivity contribution in [3.05, 3.63) is 77.9 Å². The summed E-state index contributed by atoms with van der Waals surface area (Å²) < 4.78 is 7.71. The van der Waals surface area contributed by atoms with Gasteiger partial charge in [0, 0.05) is 37.6 Å². The Bertz CT molecular complexity index is 829. The lowest BCUT2D eigenvalue weighted by Gasteiger charge is -2.23. The van der Waals surface area contributed by atoms with Crippen LogP contribution in [-0.4, -0.2) is 26.2 Å². The summed E-state index contributed by atoms with van der Waals surface area (Å²) in [5.74, 6) is 0.879. The topological polar surface area (TPSA) is 43.2 Å². The minimum Gasteiger partial charge on any atom is -0.487 e. The Morgan fingerprint density at radius 2 is 2.04 bits per heavy atom. The quantitative estimate of drug-likeness (QED) is 0.681. The first-order chi connectivity index (χ1) is 12.8. The Labute approximate surface area is 154 Å². The molecule has 0 aliphatic carbocycles. The van der Waals surface area contributed by atoms with Gasteiger partial charge in [0.25, 0.3) is 0 Å². The Kier molecular flexibility index (Phi) is 4.97. The number of rotatable bonds is 6. The number of ether oxygens (including phenoxy) is 1. The van der Waals surface area contributed by atoms with E-state index in [1.54, 1.807) is 6.20 Å². The molecule has 1 unspecified atom stereocenters. The molecule has 0 N–H and O–H groups in total. The minimum atomic E-state index is 0.476. The molecule has 1 aliphatic heterocycles. The molecule has 4 rings (SSSR count). The Morgan fingerprint density at radius 3 is 2.77 bits per heavy atom. The van der Waals surface area contributed by atoms with Crippen molar-refractivity contribution in [3.8, 4) is 5.75 Å². The van der Waals surface area contributed by atoms with E-state index in [1.165, 1.54) is 24.0 Å². The van der Waals surface area contributed by atoms with E-state index in [4.69, 9.17) is 4.74 Å². The molecular weight excluding hydrogens is 324 g/mol. The van der Waals surface area contributed by atoms with Crippen molar-refractivity contribution in [2.45, 2.75) is 32.0 Å². The average Bonchev–Trinajstić information content (AvgIpc) is 3.31. The number of aryl methyl sites for hydroxylation is 1. The number of aromatic nitrogens is 3. The molecule has 0 spiro atoms. The maximum Gasteiger partial charge on any atom is 0.130 e. The van der Waals surface area contributed by atoms with E-state index in [1.807, 2.05) is 48.3 Å². The van der Waals surface area contributed by atoms with E-state index >= 15 is 0 Å². The van der Waals surface area contributed by atoms with Crippen molar-refractivity contribution in [2.24, 2.45) is 7.05 Å². The zero-order chi connectivity index (χ0) is 17.8.